The van der Waals surface area contributed by atoms with Crippen LogP contribution in [0.1, 0.15) is 53.7 Å². The Kier molecular flexibility index (Phi) is 11.6. The lowest BCUT2D eigenvalue weighted by Crippen LogP contribution is -2.08. The molecule has 5 rings (SSSR count). The molecule has 0 amide bonds. The van der Waals surface area contributed by atoms with Crippen molar-refractivity contribution in [3.05, 3.63) is 113 Å². The van der Waals surface area contributed by atoms with Crippen LogP contribution in [0, 0.1) is 0 Å². The minimum absolute atomic E-state index is 0.368. The van der Waals surface area contributed by atoms with Gasteiger partial charge in [0.1, 0.15) is 46.4 Å². The summed E-state index contributed by atoms with van der Waals surface area (Å²) in [5, 5.41) is 9.13. The van der Waals surface area contributed by atoms with E-state index >= 15 is 0 Å². The molecule has 1 heterocycles. The Morgan fingerprint density at radius 3 is 2.26 bits per heavy atom. The average molecular weight is 639 g/mol. The molecule has 46 heavy (non-hydrogen) atoms. The van der Waals surface area contributed by atoms with Crippen LogP contribution >= 0.6 is 11.3 Å². The van der Waals surface area contributed by atoms with Gasteiger partial charge in [-0.2, -0.15) is 0 Å². The summed E-state index contributed by atoms with van der Waals surface area (Å²) in [6, 6.07) is 26.9. The number of methoxy groups -OCH3 is 1. The molecule has 0 radical (unpaired) electrons. The van der Waals surface area contributed by atoms with Gasteiger partial charge in [-0.05, 0) is 54.3 Å². The molecule has 0 saturated heterocycles. The number of para-hydroxylation sites is 1. The van der Waals surface area contributed by atoms with Gasteiger partial charge in [-0.15, -0.1) is 10.2 Å². The van der Waals surface area contributed by atoms with Crippen molar-refractivity contribution < 1.29 is 28.5 Å². The molecule has 4 aromatic carbocycles. The number of ether oxygens (including phenoxy) is 5. The first-order chi connectivity index (χ1) is 22.6. The second-order valence-electron chi connectivity index (χ2n) is 10.5. The molecule has 0 spiro atoms. The zero-order chi connectivity index (χ0) is 32.1. The van der Waals surface area contributed by atoms with Crippen molar-refractivity contribution >= 4 is 17.3 Å². The Morgan fingerprint density at radius 2 is 1.52 bits per heavy atom. The maximum atomic E-state index is 12.3. The van der Waals surface area contributed by atoms with Crippen LogP contribution in [0.4, 0.5) is 0 Å². The fourth-order valence-electron chi connectivity index (χ4n) is 4.98. The molecule has 0 aliphatic rings. The molecule has 5 aromatic rings. The summed E-state index contributed by atoms with van der Waals surface area (Å²) in [5.74, 6) is 2.88. The van der Waals surface area contributed by atoms with Crippen LogP contribution in [0.2, 0.25) is 0 Å². The zero-order valence-corrected chi connectivity index (χ0v) is 27.2. The number of aryl methyl sites for hydroxylation is 1. The Balaban J connectivity index is 1.25. The van der Waals surface area contributed by atoms with E-state index in [1.807, 2.05) is 60.7 Å². The van der Waals surface area contributed by atoms with Crippen molar-refractivity contribution in [2.75, 3.05) is 20.3 Å². The van der Waals surface area contributed by atoms with Gasteiger partial charge in [-0.25, -0.2) is 4.79 Å². The molecule has 0 N–H and O–H groups in total. The van der Waals surface area contributed by atoms with E-state index in [-0.39, 0.29) is 0 Å². The summed E-state index contributed by atoms with van der Waals surface area (Å²) in [5.41, 5.74) is 6.10. The predicted octanol–water partition coefficient (Wildman–Crippen LogP) is 8.73. The van der Waals surface area contributed by atoms with Gasteiger partial charge in [-0.1, -0.05) is 80.1 Å². The van der Waals surface area contributed by atoms with E-state index in [4.69, 9.17) is 23.7 Å². The van der Waals surface area contributed by atoms with Crippen molar-refractivity contribution in [1.82, 2.24) is 10.2 Å². The third-order valence-corrected chi connectivity index (χ3v) is 8.00. The minimum Gasteiger partial charge on any atom is -0.493 e. The Hall–Kier alpha value is -4.89. The van der Waals surface area contributed by atoms with Crippen molar-refractivity contribution in [1.29, 1.82) is 0 Å². The largest absolute Gasteiger partial charge is 0.493 e. The van der Waals surface area contributed by atoms with Gasteiger partial charge in [-0.3, -0.25) is 0 Å². The highest BCUT2D eigenvalue weighted by molar-refractivity contribution is 7.12. The number of carbonyl (C=O) groups excluding carboxylic acids is 1. The first-order valence-electron chi connectivity index (χ1n) is 15.4. The number of nitrogens with zero attached hydrogens (tertiary/aromatic N) is 2. The lowest BCUT2D eigenvalue weighted by Gasteiger charge is -2.18. The Morgan fingerprint density at radius 1 is 0.783 bits per heavy atom. The normalized spacial score (nSPS) is 10.8. The standard InChI is InChI=1S/C37H38N2O6S/c1-4-13-28-31(18-11-19-32(28)45-33-17-10-9-16-29(33)37(40)41-3)42-20-12-21-43-34-23-35(44-24-26-14-7-6-8-15-26)30(22-27(34)5-2)36-39-38-25-46-36/h6-11,14-19,22-23,25H,4-5,12-13,20-21,24H2,1-3H3. The quantitative estimate of drug-likeness (QED) is 0.0783. The van der Waals surface area contributed by atoms with Crippen LogP contribution in [0.15, 0.2) is 90.4 Å². The Labute approximate surface area is 273 Å². The highest BCUT2D eigenvalue weighted by Crippen LogP contribution is 2.38. The van der Waals surface area contributed by atoms with Crippen LogP contribution in [0.3, 0.4) is 0 Å². The van der Waals surface area contributed by atoms with Crippen molar-refractivity contribution in [3.63, 3.8) is 0 Å². The van der Waals surface area contributed by atoms with Gasteiger partial charge in [0.25, 0.3) is 0 Å². The number of hydrogen-bond acceptors (Lipinski definition) is 9. The summed E-state index contributed by atoms with van der Waals surface area (Å²) in [7, 11) is 1.36. The first-order valence-corrected chi connectivity index (χ1v) is 16.3. The number of rotatable bonds is 16. The summed E-state index contributed by atoms with van der Waals surface area (Å²) in [6.07, 6.45) is 3.13. The second kappa shape index (κ2) is 16.4. The highest BCUT2D eigenvalue weighted by Gasteiger charge is 2.18. The number of benzene rings is 4. The maximum absolute atomic E-state index is 12.3. The van der Waals surface area contributed by atoms with Gasteiger partial charge >= 0.3 is 5.97 Å². The molecular formula is C37H38N2O6S. The topological polar surface area (TPSA) is 89.0 Å². The smallest absolute Gasteiger partial charge is 0.341 e. The molecule has 0 aliphatic carbocycles. The molecule has 8 nitrogen and oxygen atoms in total. The summed E-state index contributed by atoms with van der Waals surface area (Å²) >= 11 is 1.48. The predicted molar refractivity (Wildman–Crippen MR) is 179 cm³/mol. The van der Waals surface area contributed by atoms with Crippen LogP contribution in [-0.2, 0) is 24.2 Å². The molecule has 1 aromatic heterocycles. The third kappa shape index (κ3) is 8.22. The van der Waals surface area contributed by atoms with E-state index < -0.39 is 5.97 Å². The lowest BCUT2D eigenvalue weighted by atomic mass is 10.1. The van der Waals surface area contributed by atoms with E-state index in [0.717, 1.165) is 58.0 Å². The zero-order valence-electron chi connectivity index (χ0n) is 26.4. The monoisotopic (exact) mass is 638 g/mol. The molecule has 0 atom stereocenters. The van der Waals surface area contributed by atoms with Gasteiger partial charge in [0.05, 0.1) is 25.9 Å². The number of hydrogen-bond donors (Lipinski definition) is 0. The molecule has 9 heteroatoms. The van der Waals surface area contributed by atoms with E-state index in [1.165, 1.54) is 18.4 Å². The molecule has 0 saturated carbocycles. The SMILES string of the molecule is CCCc1c(OCCCOc2cc(OCc3ccccc3)c(-c3nncs3)cc2CC)cccc1Oc1ccccc1C(=O)OC. The molecular weight excluding hydrogens is 600 g/mol. The summed E-state index contributed by atoms with van der Waals surface area (Å²) in [6.45, 7) is 5.57. The Bertz CT molecular complexity index is 1710. The fraction of sp³-hybridized carbons (Fsp3) is 0.270. The van der Waals surface area contributed by atoms with Gasteiger partial charge in [0.2, 0.25) is 0 Å². The van der Waals surface area contributed by atoms with E-state index in [9.17, 15) is 4.79 Å². The average Bonchev–Trinajstić information content (AvgIpc) is 3.64. The van der Waals surface area contributed by atoms with Gasteiger partial charge in [0.15, 0.2) is 5.01 Å². The third-order valence-electron chi connectivity index (χ3n) is 7.28. The van der Waals surface area contributed by atoms with Crippen LogP contribution < -0.4 is 18.9 Å². The van der Waals surface area contributed by atoms with Gasteiger partial charge in [0, 0.05) is 18.1 Å². The number of carbonyl (C=O) groups is 1. The maximum Gasteiger partial charge on any atom is 0.341 e. The number of aromatic nitrogens is 2. The van der Waals surface area contributed by atoms with Crippen molar-refractivity contribution in [3.8, 4) is 39.3 Å². The molecule has 0 fully saturated rings. The number of esters is 1. The summed E-state index contributed by atoms with van der Waals surface area (Å²) < 4.78 is 30.0. The van der Waals surface area contributed by atoms with E-state index in [0.29, 0.717) is 49.1 Å². The van der Waals surface area contributed by atoms with E-state index in [1.54, 1.807) is 23.7 Å². The lowest BCUT2D eigenvalue weighted by molar-refractivity contribution is 0.0598. The first kappa shape index (κ1) is 32.5. The van der Waals surface area contributed by atoms with Gasteiger partial charge < -0.3 is 23.7 Å². The summed E-state index contributed by atoms with van der Waals surface area (Å²) in [4.78, 5) is 12.3. The molecule has 0 bridgehead atoms. The molecule has 238 valence electrons. The van der Waals surface area contributed by atoms with Crippen LogP contribution in [0.5, 0.6) is 28.7 Å². The van der Waals surface area contributed by atoms with Crippen LogP contribution in [-0.4, -0.2) is 36.5 Å². The van der Waals surface area contributed by atoms with Crippen molar-refractivity contribution in [2.24, 2.45) is 0 Å². The van der Waals surface area contributed by atoms with E-state index in [2.05, 4.69) is 30.1 Å². The minimum atomic E-state index is -0.448. The molecule has 0 aliphatic heterocycles. The fourth-order valence-corrected chi connectivity index (χ4v) is 5.55. The van der Waals surface area contributed by atoms with Crippen molar-refractivity contribution in [2.45, 2.75) is 46.1 Å². The van der Waals surface area contributed by atoms with Crippen LogP contribution in [0.25, 0.3) is 10.6 Å². The highest BCUT2D eigenvalue weighted by atomic mass is 32.1. The molecule has 0 unspecified atom stereocenters. The second-order valence-corrected chi connectivity index (χ2v) is 11.3.